The monoisotopic (exact) mass is 323 g/mol. The van der Waals surface area contributed by atoms with E-state index in [0.29, 0.717) is 24.4 Å². The number of nitrogens with one attached hydrogen (secondary N) is 1. The molecule has 2 aromatic rings. The summed E-state index contributed by atoms with van der Waals surface area (Å²) in [6, 6.07) is 8.21. The summed E-state index contributed by atoms with van der Waals surface area (Å²) < 4.78 is 38.0. The van der Waals surface area contributed by atoms with Crippen molar-refractivity contribution in [1.29, 1.82) is 0 Å². The van der Waals surface area contributed by atoms with Crippen molar-refractivity contribution in [3.63, 3.8) is 0 Å². The van der Waals surface area contributed by atoms with Gasteiger partial charge in [0.15, 0.2) is 0 Å². The number of anilines is 1. The maximum absolute atomic E-state index is 13.3. The molecular formula is C15H18FN3O2S. The first-order chi connectivity index (χ1) is 10.4. The van der Waals surface area contributed by atoms with Gasteiger partial charge in [-0.3, -0.25) is 0 Å². The number of fused-ring (bicyclic) bond motifs is 1. The van der Waals surface area contributed by atoms with Crippen molar-refractivity contribution in [3.05, 3.63) is 36.1 Å². The van der Waals surface area contributed by atoms with Gasteiger partial charge in [-0.05, 0) is 37.1 Å². The van der Waals surface area contributed by atoms with Crippen molar-refractivity contribution in [2.45, 2.75) is 18.9 Å². The maximum Gasteiger partial charge on any atom is 0.211 e. The molecule has 1 fully saturated rings. The van der Waals surface area contributed by atoms with E-state index in [1.165, 1.54) is 22.7 Å². The minimum atomic E-state index is -3.17. The minimum Gasteiger partial charge on any atom is -0.366 e. The Balaban J connectivity index is 1.78. The van der Waals surface area contributed by atoms with E-state index in [4.69, 9.17) is 0 Å². The second-order valence-corrected chi connectivity index (χ2v) is 7.62. The van der Waals surface area contributed by atoms with Crippen molar-refractivity contribution < 1.29 is 12.8 Å². The zero-order valence-corrected chi connectivity index (χ0v) is 13.1. The summed E-state index contributed by atoms with van der Waals surface area (Å²) >= 11 is 0. The number of aromatic nitrogens is 1. The Hall–Kier alpha value is -1.73. The van der Waals surface area contributed by atoms with Crippen molar-refractivity contribution in [1.82, 2.24) is 9.29 Å². The lowest BCUT2D eigenvalue weighted by molar-refractivity contribution is 0.329. The van der Waals surface area contributed by atoms with Crippen LogP contribution in [0.3, 0.4) is 0 Å². The number of benzene rings is 1. The summed E-state index contributed by atoms with van der Waals surface area (Å²) in [5.41, 5.74) is 0.584. The van der Waals surface area contributed by atoms with Crippen LogP contribution in [0.15, 0.2) is 30.3 Å². The van der Waals surface area contributed by atoms with Crippen LogP contribution in [0.2, 0.25) is 0 Å². The number of hydrogen-bond donors (Lipinski definition) is 1. The van der Waals surface area contributed by atoms with Crippen LogP contribution in [0.4, 0.5) is 10.2 Å². The third-order valence-electron chi connectivity index (χ3n) is 3.86. The standard InChI is InChI=1S/C15H18FN3O2S/c1-22(20,21)19-8-2-3-13(10-19)17-15-7-5-11-4-6-12(16)9-14(11)18-15/h4-7,9,13H,2-3,8,10H2,1H3,(H,17,18)/t13-/m1/s1. The molecule has 0 aliphatic carbocycles. The summed E-state index contributed by atoms with van der Waals surface area (Å²) in [5.74, 6) is 0.316. The van der Waals surface area contributed by atoms with Crippen LogP contribution >= 0.6 is 0 Å². The first kappa shape index (κ1) is 15.2. The number of piperidine rings is 1. The molecule has 1 aliphatic rings. The van der Waals surface area contributed by atoms with Crippen LogP contribution in [0.25, 0.3) is 10.9 Å². The maximum atomic E-state index is 13.3. The van der Waals surface area contributed by atoms with Crippen molar-refractivity contribution in [2.75, 3.05) is 24.7 Å². The van der Waals surface area contributed by atoms with E-state index >= 15 is 0 Å². The molecule has 118 valence electrons. The average Bonchev–Trinajstić information content (AvgIpc) is 2.46. The number of pyridine rings is 1. The molecule has 7 heteroatoms. The predicted molar refractivity (Wildman–Crippen MR) is 84.8 cm³/mol. The molecule has 1 aliphatic heterocycles. The summed E-state index contributed by atoms with van der Waals surface area (Å²) in [6.07, 6.45) is 2.92. The quantitative estimate of drug-likeness (QED) is 0.941. The topological polar surface area (TPSA) is 62.3 Å². The molecule has 0 saturated carbocycles. The molecule has 0 radical (unpaired) electrons. The first-order valence-corrected chi connectivity index (χ1v) is 9.05. The van der Waals surface area contributed by atoms with E-state index in [1.807, 2.05) is 12.1 Å². The Labute approximate surface area is 129 Å². The van der Waals surface area contributed by atoms with E-state index in [9.17, 15) is 12.8 Å². The molecule has 3 rings (SSSR count). The van der Waals surface area contributed by atoms with Crippen molar-refractivity contribution in [2.24, 2.45) is 0 Å². The highest BCUT2D eigenvalue weighted by molar-refractivity contribution is 7.88. The van der Waals surface area contributed by atoms with Gasteiger partial charge in [-0.25, -0.2) is 22.1 Å². The van der Waals surface area contributed by atoms with Gasteiger partial charge in [0, 0.05) is 30.6 Å². The molecule has 0 bridgehead atoms. The number of sulfonamides is 1. The van der Waals surface area contributed by atoms with Gasteiger partial charge in [-0.15, -0.1) is 0 Å². The van der Waals surface area contributed by atoms with Gasteiger partial charge in [0.2, 0.25) is 10.0 Å². The first-order valence-electron chi connectivity index (χ1n) is 7.20. The largest absolute Gasteiger partial charge is 0.366 e. The Bertz CT molecular complexity index is 794. The lowest BCUT2D eigenvalue weighted by Crippen LogP contribution is -2.44. The van der Waals surface area contributed by atoms with Crippen LogP contribution < -0.4 is 5.32 Å². The van der Waals surface area contributed by atoms with E-state index < -0.39 is 10.0 Å². The summed E-state index contributed by atoms with van der Waals surface area (Å²) in [6.45, 7) is 0.995. The number of hydrogen-bond acceptors (Lipinski definition) is 4. The molecule has 1 aromatic carbocycles. The minimum absolute atomic E-state index is 0.0157. The Morgan fingerprint density at radius 2 is 2.09 bits per heavy atom. The van der Waals surface area contributed by atoms with E-state index in [1.54, 1.807) is 6.07 Å². The highest BCUT2D eigenvalue weighted by atomic mass is 32.2. The SMILES string of the molecule is CS(=O)(=O)N1CCC[C@@H](Nc2ccc3ccc(F)cc3n2)C1. The van der Waals surface area contributed by atoms with Gasteiger partial charge >= 0.3 is 0 Å². The van der Waals surface area contributed by atoms with Gasteiger partial charge in [0.25, 0.3) is 0 Å². The Morgan fingerprint density at radius 1 is 1.32 bits per heavy atom. The van der Waals surface area contributed by atoms with Gasteiger partial charge in [0.1, 0.15) is 11.6 Å². The molecule has 5 nitrogen and oxygen atoms in total. The number of rotatable bonds is 3. The third kappa shape index (κ3) is 3.36. The molecular weight excluding hydrogens is 305 g/mol. The van der Waals surface area contributed by atoms with Gasteiger partial charge in [-0.1, -0.05) is 0 Å². The smallest absolute Gasteiger partial charge is 0.211 e. The van der Waals surface area contributed by atoms with Crippen LogP contribution in [0, 0.1) is 5.82 Å². The molecule has 22 heavy (non-hydrogen) atoms. The third-order valence-corrected chi connectivity index (χ3v) is 5.13. The molecule has 1 N–H and O–H groups in total. The molecule has 0 amide bonds. The zero-order chi connectivity index (χ0) is 15.7. The van der Waals surface area contributed by atoms with Crippen molar-refractivity contribution >= 4 is 26.7 Å². The highest BCUT2D eigenvalue weighted by Crippen LogP contribution is 2.20. The second kappa shape index (κ2) is 5.81. The fraction of sp³-hybridized carbons (Fsp3) is 0.400. The summed E-state index contributed by atoms with van der Waals surface area (Å²) in [5, 5.41) is 4.12. The van der Waals surface area contributed by atoms with Crippen molar-refractivity contribution in [3.8, 4) is 0 Å². The van der Waals surface area contributed by atoms with Crippen LogP contribution in [-0.4, -0.2) is 43.1 Å². The number of nitrogens with zero attached hydrogens (tertiary/aromatic N) is 2. The zero-order valence-electron chi connectivity index (χ0n) is 12.3. The fourth-order valence-electron chi connectivity index (χ4n) is 2.74. The fourth-order valence-corrected chi connectivity index (χ4v) is 3.65. The van der Waals surface area contributed by atoms with Crippen LogP contribution in [-0.2, 0) is 10.0 Å². The van der Waals surface area contributed by atoms with Gasteiger partial charge < -0.3 is 5.32 Å². The molecule has 0 unspecified atom stereocenters. The molecule has 2 heterocycles. The normalized spacial score (nSPS) is 20.2. The van der Waals surface area contributed by atoms with Crippen LogP contribution in [0.5, 0.6) is 0 Å². The molecule has 1 saturated heterocycles. The van der Waals surface area contributed by atoms with Gasteiger partial charge in [-0.2, -0.15) is 0 Å². The highest BCUT2D eigenvalue weighted by Gasteiger charge is 2.25. The summed E-state index contributed by atoms with van der Waals surface area (Å²) in [4.78, 5) is 4.40. The van der Waals surface area contributed by atoms with E-state index in [-0.39, 0.29) is 11.9 Å². The number of halogens is 1. The van der Waals surface area contributed by atoms with Crippen LogP contribution in [0.1, 0.15) is 12.8 Å². The lowest BCUT2D eigenvalue weighted by Gasteiger charge is -2.31. The summed E-state index contributed by atoms with van der Waals surface area (Å²) in [7, 11) is -3.17. The average molecular weight is 323 g/mol. The molecule has 1 aromatic heterocycles. The van der Waals surface area contributed by atoms with E-state index in [0.717, 1.165) is 18.2 Å². The predicted octanol–water partition coefficient (Wildman–Crippen LogP) is 2.21. The van der Waals surface area contributed by atoms with Gasteiger partial charge in [0.05, 0.1) is 11.8 Å². The Kier molecular flexibility index (Phi) is 4.01. The molecule has 1 atom stereocenters. The Morgan fingerprint density at radius 3 is 2.86 bits per heavy atom. The molecule has 0 spiro atoms. The second-order valence-electron chi connectivity index (χ2n) is 5.64. The lowest BCUT2D eigenvalue weighted by atomic mass is 10.1. The van der Waals surface area contributed by atoms with E-state index in [2.05, 4.69) is 10.3 Å².